The van der Waals surface area contributed by atoms with E-state index in [1.807, 2.05) is 0 Å². The van der Waals surface area contributed by atoms with Gasteiger partial charge in [-0.3, -0.25) is 0 Å². The Morgan fingerprint density at radius 2 is 2.00 bits per heavy atom. The SMILES string of the molecule is COC(C(C)C)C(O)CC1CC2CCC1C2. The number of hydrogen-bond acceptors (Lipinski definition) is 2. The van der Waals surface area contributed by atoms with E-state index < -0.39 is 0 Å². The van der Waals surface area contributed by atoms with E-state index in [0.717, 1.165) is 24.2 Å². The Morgan fingerprint density at radius 1 is 1.25 bits per heavy atom. The molecule has 0 spiro atoms. The van der Waals surface area contributed by atoms with Crippen molar-refractivity contribution in [2.24, 2.45) is 23.7 Å². The third-order valence-corrected chi connectivity index (χ3v) is 4.74. The third-order valence-electron chi connectivity index (χ3n) is 4.74. The molecule has 2 heteroatoms. The lowest BCUT2D eigenvalue weighted by Gasteiger charge is -2.30. The number of aliphatic hydroxyl groups is 1. The number of rotatable bonds is 5. The number of hydrogen-bond donors (Lipinski definition) is 1. The first-order chi connectivity index (χ1) is 7.61. The molecule has 16 heavy (non-hydrogen) atoms. The Hall–Kier alpha value is -0.0800. The summed E-state index contributed by atoms with van der Waals surface area (Å²) in [6.07, 6.45) is 6.33. The van der Waals surface area contributed by atoms with Gasteiger partial charge in [0.25, 0.3) is 0 Å². The monoisotopic (exact) mass is 226 g/mol. The van der Waals surface area contributed by atoms with Crippen molar-refractivity contribution in [1.29, 1.82) is 0 Å². The average Bonchev–Trinajstić information content (AvgIpc) is 2.79. The van der Waals surface area contributed by atoms with E-state index in [1.54, 1.807) is 7.11 Å². The minimum absolute atomic E-state index is 0.0131. The van der Waals surface area contributed by atoms with Gasteiger partial charge in [0.05, 0.1) is 12.2 Å². The summed E-state index contributed by atoms with van der Waals surface area (Å²) < 4.78 is 5.41. The van der Waals surface area contributed by atoms with Gasteiger partial charge < -0.3 is 9.84 Å². The van der Waals surface area contributed by atoms with E-state index in [-0.39, 0.29) is 12.2 Å². The Morgan fingerprint density at radius 3 is 2.44 bits per heavy atom. The molecular formula is C14H26O2. The number of aliphatic hydroxyl groups excluding tert-OH is 1. The minimum atomic E-state index is -0.269. The van der Waals surface area contributed by atoms with Crippen LogP contribution in [0.3, 0.4) is 0 Å². The lowest BCUT2D eigenvalue weighted by molar-refractivity contribution is -0.0499. The molecule has 2 nitrogen and oxygen atoms in total. The summed E-state index contributed by atoms with van der Waals surface area (Å²) in [6, 6.07) is 0. The highest BCUT2D eigenvalue weighted by Crippen LogP contribution is 2.50. The van der Waals surface area contributed by atoms with Crippen LogP contribution in [0, 0.1) is 23.7 Å². The molecular weight excluding hydrogens is 200 g/mol. The molecule has 0 radical (unpaired) electrons. The second kappa shape index (κ2) is 5.05. The summed E-state index contributed by atoms with van der Waals surface area (Å²) in [5.41, 5.74) is 0. The normalized spacial score (nSPS) is 36.9. The van der Waals surface area contributed by atoms with E-state index in [9.17, 15) is 5.11 Å². The molecule has 2 saturated carbocycles. The van der Waals surface area contributed by atoms with Crippen molar-refractivity contribution in [3.63, 3.8) is 0 Å². The molecule has 0 aromatic rings. The van der Waals surface area contributed by atoms with E-state index in [2.05, 4.69) is 13.8 Å². The predicted molar refractivity (Wildman–Crippen MR) is 65.2 cm³/mol. The van der Waals surface area contributed by atoms with Crippen LogP contribution >= 0.6 is 0 Å². The maximum absolute atomic E-state index is 10.2. The molecule has 5 unspecified atom stereocenters. The van der Waals surface area contributed by atoms with Gasteiger partial charge in [0, 0.05) is 7.11 Å². The van der Waals surface area contributed by atoms with Crippen molar-refractivity contribution in [3.8, 4) is 0 Å². The van der Waals surface area contributed by atoms with Crippen LogP contribution in [0.1, 0.15) is 46.0 Å². The quantitative estimate of drug-likeness (QED) is 0.781. The Labute approximate surface area is 99.4 Å². The van der Waals surface area contributed by atoms with Crippen LogP contribution in [0.15, 0.2) is 0 Å². The molecule has 0 aromatic carbocycles. The molecule has 0 amide bonds. The van der Waals surface area contributed by atoms with Crippen molar-refractivity contribution in [2.75, 3.05) is 7.11 Å². The fraction of sp³-hybridized carbons (Fsp3) is 1.00. The van der Waals surface area contributed by atoms with Crippen molar-refractivity contribution >= 4 is 0 Å². The van der Waals surface area contributed by atoms with Crippen LogP contribution in [0.5, 0.6) is 0 Å². The predicted octanol–water partition coefficient (Wildman–Crippen LogP) is 2.84. The van der Waals surface area contributed by atoms with E-state index in [1.165, 1.54) is 25.7 Å². The van der Waals surface area contributed by atoms with Crippen molar-refractivity contribution in [2.45, 2.75) is 58.2 Å². The molecule has 0 aliphatic heterocycles. The highest BCUT2D eigenvalue weighted by molar-refractivity contribution is 4.91. The first kappa shape index (κ1) is 12.4. The zero-order valence-electron chi connectivity index (χ0n) is 10.9. The van der Waals surface area contributed by atoms with Crippen LogP contribution in [0.25, 0.3) is 0 Å². The summed E-state index contributed by atoms with van der Waals surface area (Å²) in [6.45, 7) is 4.25. The Bertz CT molecular complexity index is 227. The van der Waals surface area contributed by atoms with Gasteiger partial charge in [0.2, 0.25) is 0 Å². The van der Waals surface area contributed by atoms with Crippen LogP contribution in [-0.4, -0.2) is 24.4 Å². The van der Waals surface area contributed by atoms with Gasteiger partial charge in [-0.05, 0) is 49.4 Å². The molecule has 5 atom stereocenters. The average molecular weight is 226 g/mol. The maximum atomic E-state index is 10.2. The number of ether oxygens (including phenoxy) is 1. The number of methoxy groups -OCH3 is 1. The zero-order chi connectivity index (χ0) is 11.7. The van der Waals surface area contributed by atoms with Gasteiger partial charge in [0.1, 0.15) is 0 Å². The minimum Gasteiger partial charge on any atom is -0.390 e. The second-order valence-corrected chi connectivity index (χ2v) is 6.18. The van der Waals surface area contributed by atoms with E-state index in [4.69, 9.17) is 4.74 Å². The molecule has 0 aromatic heterocycles. The van der Waals surface area contributed by atoms with E-state index in [0.29, 0.717) is 5.92 Å². The van der Waals surface area contributed by atoms with Crippen molar-refractivity contribution < 1.29 is 9.84 Å². The standard InChI is InChI=1S/C14H26O2/c1-9(2)14(16-3)13(15)8-12-7-10-4-5-11(12)6-10/h9-15H,4-8H2,1-3H3. The molecule has 2 fully saturated rings. The lowest BCUT2D eigenvalue weighted by atomic mass is 9.83. The topological polar surface area (TPSA) is 29.5 Å². The van der Waals surface area contributed by atoms with Crippen LogP contribution < -0.4 is 0 Å². The molecule has 0 saturated heterocycles. The highest BCUT2D eigenvalue weighted by Gasteiger charge is 2.41. The van der Waals surface area contributed by atoms with Gasteiger partial charge in [-0.1, -0.05) is 20.3 Å². The molecule has 1 N–H and O–H groups in total. The third kappa shape index (κ3) is 2.43. The van der Waals surface area contributed by atoms with Gasteiger partial charge in [0.15, 0.2) is 0 Å². The first-order valence-corrected chi connectivity index (χ1v) is 6.82. The maximum Gasteiger partial charge on any atom is 0.0853 e. The molecule has 94 valence electrons. The second-order valence-electron chi connectivity index (χ2n) is 6.18. The van der Waals surface area contributed by atoms with E-state index >= 15 is 0 Å². The molecule has 2 bridgehead atoms. The van der Waals surface area contributed by atoms with Gasteiger partial charge in [-0.25, -0.2) is 0 Å². The van der Waals surface area contributed by atoms with Crippen molar-refractivity contribution in [3.05, 3.63) is 0 Å². The highest BCUT2D eigenvalue weighted by atomic mass is 16.5. The largest absolute Gasteiger partial charge is 0.390 e. The fourth-order valence-electron chi connectivity index (χ4n) is 3.98. The van der Waals surface area contributed by atoms with Gasteiger partial charge in [-0.2, -0.15) is 0 Å². The Balaban J connectivity index is 1.84. The number of fused-ring (bicyclic) bond motifs is 2. The molecule has 2 aliphatic carbocycles. The van der Waals surface area contributed by atoms with Crippen LogP contribution in [0.2, 0.25) is 0 Å². The first-order valence-electron chi connectivity index (χ1n) is 6.82. The van der Waals surface area contributed by atoms with Crippen molar-refractivity contribution in [1.82, 2.24) is 0 Å². The molecule has 2 rings (SSSR count). The zero-order valence-corrected chi connectivity index (χ0v) is 10.9. The van der Waals surface area contributed by atoms with Crippen LogP contribution in [-0.2, 0) is 4.74 Å². The van der Waals surface area contributed by atoms with Gasteiger partial charge >= 0.3 is 0 Å². The Kier molecular flexibility index (Phi) is 3.91. The fourth-order valence-corrected chi connectivity index (χ4v) is 3.98. The summed E-state index contributed by atoms with van der Waals surface area (Å²) in [5, 5.41) is 10.2. The molecule has 2 aliphatic rings. The summed E-state index contributed by atoms with van der Waals surface area (Å²) >= 11 is 0. The van der Waals surface area contributed by atoms with Gasteiger partial charge in [-0.15, -0.1) is 0 Å². The summed E-state index contributed by atoms with van der Waals surface area (Å²) in [7, 11) is 1.72. The summed E-state index contributed by atoms with van der Waals surface area (Å²) in [4.78, 5) is 0. The smallest absolute Gasteiger partial charge is 0.0853 e. The lowest BCUT2D eigenvalue weighted by Crippen LogP contribution is -2.35. The molecule has 0 heterocycles. The summed E-state index contributed by atoms with van der Waals surface area (Å²) in [5.74, 6) is 3.05. The van der Waals surface area contributed by atoms with Crippen LogP contribution in [0.4, 0.5) is 0 Å².